The van der Waals surface area contributed by atoms with Gasteiger partial charge in [-0.05, 0) is 30.7 Å². The number of aliphatic hydroxyl groups is 1. The fourth-order valence-electron chi connectivity index (χ4n) is 1.09. The number of nitrogens with two attached hydrogens (primary N) is 1. The molecule has 13 heavy (non-hydrogen) atoms. The molecule has 0 fully saturated rings. The minimum absolute atomic E-state index is 0.431. The van der Waals surface area contributed by atoms with E-state index in [1.54, 1.807) is 18.2 Å². The van der Waals surface area contributed by atoms with Crippen LogP contribution in [0.25, 0.3) is 0 Å². The van der Waals surface area contributed by atoms with Crippen LogP contribution in [0.5, 0.6) is 0 Å². The summed E-state index contributed by atoms with van der Waals surface area (Å²) in [6, 6.07) is 5.02. The summed E-state index contributed by atoms with van der Waals surface area (Å²) >= 11 is 11.6. The SMILES string of the molecule is NCC[C@H](O)c1ccc(Cl)cc1Cl. The van der Waals surface area contributed by atoms with E-state index in [4.69, 9.17) is 28.9 Å². The molecule has 0 spiro atoms. The summed E-state index contributed by atoms with van der Waals surface area (Å²) < 4.78 is 0. The zero-order valence-electron chi connectivity index (χ0n) is 7.00. The van der Waals surface area contributed by atoms with Crippen LogP contribution in [0.1, 0.15) is 18.1 Å². The smallest absolute Gasteiger partial charge is 0.0816 e. The maximum Gasteiger partial charge on any atom is 0.0816 e. The summed E-state index contributed by atoms with van der Waals surface area (Å²) in [6.07, 6.45) is -0.101. The van der Waals surface area contributed by atoms with Crippen LogP contribution in [0.3, 0.4) is 0 Å². The van der Waals surface area contributed by atoms with Crippen LogP contribution in [-0.4, -0.2) is 11.7 Å². The maximum absolute atomic E-state index is 9.58. The topological polar surface area (TPSA) is 46.2 Å². The van der Waals surface area contributed by atoms with Gasteiger partial charge in [-0.25, -0.2) is 0 Å². The lowest BCUT2D eigenvalue weighted by atomic mass is 10.1. The molecule has 0 amide bonds. The molecule has 0 saturated heterocycles. The minimum atomic E-state index is -0.602. The standard InChI is InChI=1S/C9H11Cl2NO/c10-6-1-2-7(8(11)5-6)9(13)3-4-12/h1-2,5,9,13H,3-4,12H2/t9-/m0/s1. The van der Waals surface area contributed by atoms with Crippen LogP contribution in [0, 0.1) is 0 Å². The van der Waals surface area contributed by atoms with E-state index in [0.29, 0.717) is 28.6 Å². The molecule has 0 aliphatic carbocycles. The molecule has 1 aromatic carbocycles. The molecule has 1 atom stereocenters. The molecule has 2 nitrogen and oxygen atoms in total. The molecule has 4 heteroatoms. The first kappa shape index (κ1) is 10.8. The highest BCUT2D eigenvalue weighted by atomic mass is 35.5. The van der Waals surface area contributed by atoms with E-state index in [2.05, 4.69) is 0 Å². The van der Waals surface area contributed by atoms with Crippen molar-refractivity contribution < 1.29 is 5.11 Å². The highest BCUT2D eigenvalue weighted by molar-refractivity contribution is 6.35. The molecule has 3 N–H and O–H groups in total. The Morgan fingerprint density at radius 1 is 1.38 bits per heavy atom. The Balaban J connectivity index is 2.88. The second-order valence-electron chi connectivity index (χ2n) is 2.76. The molecule has 0 radical (unpaired) electrons. The first-order chi connectivity index (χ1) is 6.15. The van der Waals surface area contributed by atoms with Gasteiger partial charge in [-0.3, -0.25) is 0 Å². The van der Waals surface area contributed by atoms with Crippen LogP contribution >= 0.6 is 23.2 Å². The number of rotatable bonds is 3. The summed E-state index contributed by atoms with van der Waals surface area (Å²) in [5.41, 5.74) is 5.99. The number of aliphatic hydroxyl groups excluding tert-OH is 1. The first-order valence-corrected chi connectivity index (χ1v) is 4.74. The highest BCUT2D eigenvalue weighted by Crippen LogP contribution is 2.27. The van der Waals surface area contributed by atoms with Crippen LogP contribution < -0.4 is 5.73 Å². The van der Waals surface area contributed by atoms with Crippen LogP contribution in [0.4, 0.5) is 0 Å². The monoisotopic (exact) mass is 219 g/mol. The zero-order valence-corrected chi connectivity index (χ0v) is 8.52. The Bertz CT molecular complexity index is 291. The Kier molecular flexibility index (Phi) is 4.00. The van der Waals surface area contributed by atoms with Crippen molar-refractivity contribution in [2.45, 2.75) is 12.5 Å². The molecule has 0 aliphatic heterocycles. The summed E-state index contributed by atoms with van der Waals surface area (Å²) in [5, 5.41) is 10.6. The van der Waals surface area contributed by atoms with Gasteiger partial charge < -0.3 is 10.8 Å². The van der Waals surface area contributed by atoms with Crippen molar-refractivity contribution in [3.8, 4) is 0 Å². The lowest BCUT2D eigenvalue weighted by molar-refractivity contribution is 0.170. The zero-order chi connectivity index (χ0) is 9.84. The van der Waals surface area contributed by atoms with Gasteiger partial charge in [-0.2, -0.15) is 0 Å². The van der Waals surface area contributed by atoms with E-state index in [9.17, 15) is 5.11 Å². The Hall–Kier alpha value is -0.280. The lowest BCUT2D eigenvalue weighted by Crippen LogP contribution is -2.06. The molecule has 0 bridgehead atoms. The third kappa shape index (κ3) is 2.85. The third-order valence-corrected chi connectivity index (χ3v) is 2.32. The van der Waals surface area contributed by atoms with E-state index in [1.165, 1.54) is 0 Å². The van der Waals surface area contributed by atoms with Gasteiger partial charge in [0.25, 0.3) is 0 Å². The predicted molar refractivity (Wildman–Crippen MR) is 55.1 cm³/mol. The quantitative estimate of drug-likeness (QED) is 0.821. The van der Waals surface area contributed by atoms with E-state index in [-0.39, 0.29) is 0 Å². The molecule has 0 aromatic heterocycles. The van der Waals surface area contributed by atoms with Crippen LogP contribution in [-0.2, 0) is 0 Å². The molecule has 1 rings (SSSR count). The van der Waals surface area contributed by atoms with Crippen molar-refractivity contribution in [1.29, 1.82) is 0 Å². The van der Waals surface area contributed by atoms with Crippen molar-refractivity contribution in [1.82, 2.24) is 0 Å². The summed E-state index contributed by atoms with van der Waals surface area (Å²) in [6.45, 7) is 0.431. The van der Waals surface area contributed by atoms with E-state index < -0.39 is 6.10 Å². The van der Waals surface area contributed by atoms with Crippen LogP contribution in [0.15, 0.2) is 18.2 Å². The number of halogens is 2. The van der Waals surface area contributed by atoms with Gasteiger partial charge in [-0.1, -0.05) is 29.3 Å². The van der Waals surface area contributed by atoms with E-state index in [0.717, 1.165) is 0 Å². The number of hydrogen-bond acceptors (Lipinski definition) is 2. The maximum atomic E-state index is 9.58. The molecule has 0 aliphatic rings. The number of benzene rings is 1. The van der Waals surface area contributed by atoms with Gasteiger partial charge >= 0.3 is 0 Å². The molecule has 0 saturated carbocycles. The van der Waals surface area contributed by atoms with Crippen molar-refractivity contribution in [3.05, 3.63) is 33.8 Å². The molecule has 0 unspecified atom stereocenters. The molecular formula is C9H11Cl2NO. The average molecular weight is 220 g/mol. The van der Waals surface area contributed by atoms with Gasteiger partial charge in [0, 0.05) is 10.0 Å². The Morgan fingerprint density at radius 3 is 2.62 bits per heavy atom. The van der Waals surface area contributed by atoms with E-state index in [1.807, 2.05) is 0 Å². The highest BCUT2D eigenvalue weighted by Gasteiger charge is 2.10. The average Bonchev–Trinajstić information content (AvgIpc) is 2.04. The van der Waals surface area contributed by atoms with Gasteiger partial charge in [0.15, 0.2) is 0 Å². The van der Waals surface area contributed by atoms with Crippen molar-refractivity contribution in [2.24, 2.45) is 5.73 Å². The second kappa shape index (κ2) is 4.82. The fourth-order valence-corrected chi connectivity index (χ4v) is 1.62. The fraction of sp³-hybridized carbons (Fsp3) is 0.333. The van der Waals surface area contributed by atoms with Crippen LogP contribution in [0.2, 0.25) is 10.0 Å². The van der Waals surface area contributed by atoms with Crippen molar-refractivity contribution in [3.63, 3.8) is 0 Å². The Morgan fingerprint density at radius 2 is 2.08 bits per heavy atom. The van der Waals surface area contributed by atoms with E-state index >= 15 is 0 Å². The van der Waals surface area contributed by atoms with Gasteiger partial charge in [0.05, 0.1) is 6.10 Å². The largest absolute Gasteiger partial charge is 0.388 e. The summed E-state index contributed by atoms with van der Waals surface area (Å²) in [5.74, 6) is 0. The predicted octanol–water partition coefficient (Wildman–Crippen LogP) is 2.38. The minimum Gasteiger partial charge on any atom is -0.388 e. The van der Waals surface area contributed by atoms with Gasteiger partial charge in [-0.15, -0.1) is 0 Å². The molecule has 72 valence electrons. The second-order valence-corrected chi connectivity index (χ2v) is 3.60. The first-order valence-electron chi connectivity index (χ1n) is 3.98. The molecular weight excluding hydrogens is 209 g/mol. The molecule has 1 aromatic rings. The van der Waals surface area contributed by atoms with Gasteiger partial charge in [0.2, 0.25) is 0 Å². The normalized spacial score (nSPS) is 12.9. The molecule has 0 heterocycles. The van der Waals surface area contributed by atoms with Gasteiger partial charge in [0.1, 0.15) is 0 Å². The third-order valence-electron chi connectivity index (χ3n) is 1.76. The summed E-state index contributed by atoms with van der Waals surface area (Å²) in [7, 11) is 0. The van der Waals surface area contributed by atoms with Crippen molar-refractivity contribution >= 4 is 23.2 Å². The van der Waals surface area contributed by atoms with Crippen molar-refractivity contribution in [2.75, 3.05) is 6.54 Å². The lowest BCUT2D eigenvalue weighted by Gasteiger charge is -2.11. The summed E-state index contributed by atoms with van der Waals surface area (Å²) in [4.78, 5) is 0. The Labute approximate surface area is 87.3 Å². The number of hydrogen-bond donors (Lipinski definition) is 2.